The fourth-order valence-electron chi connectivity index (χ4n) is 5.34. The number of anilines is 1. The number of hydrogen-bond acceptors (Lipinski definition) is 4. The molecule has 0 aromatic heterocycles. The molecule has 28 heavy (non-hydrogen) atoms. The predicted octanol–water partition coefficient (Wildman–Crippen LogP) is 2.08. The van der Waals surface area contributed by atoms with Crippen LogP contribution in [0.2, 0.25) is 0 Å². The predicted molar refractivity (Wildman–Crippen MR) is 108 cm³/mol. The van der Waals surface area contributed by atoms with Crippen molar-refractivity contribution in [2.75, 3.05) is 45.2 Å². The zero-order valence-electron chi connectivity index (χ0n) is 16.9. The Hall–Kier alpha value is -2.08. The first-order valence-corrected chi connectivity index (χ1v) is 10.4. The third-order valence-corrected chi connectivity index (χ3v) is 7.06. The second-order valence-corrected chi connectivity index (χ2v) is 9.04. The van der Waals surface area contributed by atoms with Gasteiger partial charge in [-0.25, -0.2) is 0 Å². The number of carboxylic acids is 1. The molecule has 1 aromatic carbocycles. The molecule has 152 valence electrons. The van der Waals surface area contributed by atoms with E-state index in [1.165, 1.54) is 25.7 Å². The van der Waals surface area contributed by atoms with E-state index in [-0.39, 0.29) is 11.8 Å². The van der Waals surface area contributed by atoms with Crippen LogP contribution in [0.1, 0.15) is 31.2 Å². The molecule has 1 aromatic rings. The zero-order valence-corrected chi connectivity index (χ0v) is 16.9. The Bertz CT molecular complexity index is 742. The number of hydrogen-bond donors (Lipinski definition) is 1. The number of fused-ring (bicyclic) bond motifs is 1. The zero-order chi connectivity index (χ0) is 19.9. The second kappa shape index (κ2) is 7.39. The molecule has 0 bridgehead atoms. The van der Waals surface area contributed by atoms with Gasteiger partial charge in [-0.15, -0.1) is 0 Å². The van der Waals surface area contributed by atoms with Crippen LogP contribution in [0.15, 0.2) is 24.3 Å². The van der Waals surface area contributed by atoms with Crippen molar-refractivity contribution >= 4 is 17.6 Å². The molecule has 2 heterocycles. The third-order valence-electron chi connectivity index (χ3n) is 7.06. The van der Waals surface area contributed by atoms with E-state index in [1.807, 2.05) is 43.3 Å². The molecule has 4 rings (SSSR count). The Balaban J connectivity index is 1.42. The number of carbonyl (C=O) groups excluding carboxylic acids is 1. The van der Waals surface area contributed by atoms with Crippen molar-refractivity contribution in [1.82, 2.24) is 9.80 Å². The molecule has 6 nitrogen and oxygen atoms in total. The molecule has 1 amide bonds. The maximum atomic E-state index is 12.9. The summed E-state index contributed by atoms with van der Waals surface area (Å²) in [5.41, 5.74) is 1.29. The average molecular weight is 386 g/mol. The molecule has 1 aliphatic carbocycles. The van der Waals surface area contributed by atoms with Gasteiger partial charge in [0.1, 0.15) is 5.41 Å². The number of benzene rings is 1. The topological polar surface area (TPSA) is 64.1 Å². The van der Waals surface area contributed by atoms with E-state index in [1.54, 1.807) is 4.90 Å². The van der Waals surface area contributed by atoms with Gasteiger partial charge >= 0.3 is 5.97 Å². The Labute approximate surface area is 167 Å². The van der Waals surface area contributed by atoms with Crippen LogP contribution in [-0.4, -0.2) is 73.1 Å². The van der Waals surface area contributed by atoms with E-state index in [0.29, 0.717) is 32.1 Å². The molecule has 6 heteroatoms. The summed E-state index contributed by atoms with van der Waals surface area (Å²) in [4.78, 5) is 31.3. The Morgan fingerprint density at radius 1 is 1.11 bits per heavy atom. The first-order chi connectivity index (χ1) is 13.4. The maximum Gasteiger partial charge on any atom is 0.313 e. The molecular formula is C22H31N3O3. The van der Waals surface area contributed by atoms with Crippen molar-refractivity contribution < 1.29 is 14.7 Å². The minimum absolute atomic E-state index is 0.0417. The number of likely N-dealkylation sites (tertiary alicyclic amines) is 2. The highest BCUT2D eigenvalue weighted by molar-refractivity contribution is 5.83. The second-order valence-electron chi connectivity index (χ2n) is 9.04. The number of rotatable bonds is 5. The van der Waals surface area contributed by atoms with Gasteiger partial charge in [-0.1, -0.05) is 25.0 Å². The standard InChI is InChI=1S/C22H31N3O3/c1-23(2)18-9-7-16(8-10-18)11-20(26)25-13-17-12-24(19-5-3-4-6-19)14-22(17,15-25)21(27)28/h7-10,17,19H,3-6,11-15H2,1-2H3,(H,27,28)/t17-,22-/m0/s1. The van der Waals surface area contributed by atoms with Gasteiger partial charge < -0.3 is 14.9 Å². The third kappa shape index (κ3) is 3.39. The van der Waals surface area contributed by atoms with Crippen molar-refractivity contribution in [2.45, 2.75) is 38.1 Å². The fourth-order valence-corrected chi connectivity index (χ4v) is 5.34. The molecule has 2 atom stereocenters. The number of amides is 1. The van der Waals surface area contributed by atoms with E-state index in [0.717, 1.165) is 17.8 Å². The van der Waals surface area contributed by atoms with Gasteiger partial charge in [-0.05, 0) is 30.5 Å². The molecule has 0 unspecified atom stereocenters. The molecule has 2 saturated heterocycles. The Morgan fingerprint density at radius 2 is 1.79 bits per heavy atom. The number of nitrogens with zero attached hydrogens (tertiary/aromatic N) is 3. The summed E-state index contributed by atoms with van der Waals surface area (Å²) >= 11 is 0. The summed E-state index contributed by atoms with van der Waals surface area (Å²) in [7, 11) is 3.98. The Morgan fingerprint density at radius 3 is 2.36 bits per heavy atom. The first kappa shape index (κ1) is 19.2. The van der Waals surface area contributed by atoms with E-state index >= 15 is 0 Å². The average Bonchev–Trinajstić information content (AvgIpc) is 3.36. The highest BCUT2D eigenvalue weighted by Crippen LogP contribution is 2.45. The smallest absolute Gasteiger partial charge is 0.313 e. The van der Waals surface area contributed by atoms with Crippen molar-refractivity contribution in [2.24, 2.45) is 11.3 Å². The van der Waals surface area contributed by atoms with Gasteiger partial charge in [0.25, 0.3) is 0 Å². The summed E-state index contributed by atoms with van der Waals surface area (Å²) in [6.45, 7) is 2.34. The number of carbonyl (C=O) groups is 2. The lowest BCUT2D eigenvalue weighted by molar-refractivity contribution is -0.149. The van der Waals surface area contributed by atoms with E-state index in [9.17, 15) is 14.7 Å². The number of aliphatic carboxylic acids is 1. The molecular weight excluding hydrogens is 354 g/mol. The minimum Gasteiger partial charge on any atom is -0.481 e. The van der Waals surface area contributed by atoms with Crippen LogP contribution in [0.5, 0.6) is 0 Å². The van der Waals surface area contributed by atoms with Gasteiger partial charge in [0.15, 0.2) is 0 Å². The minimum atomic E-state index is -0.785. The van der Waals surface area contributed by atoms with Crippen LogP contribution >= 0.6 is 0 Å². The largest absolute Gasteiger partial charge is 0.481 e. The van der Waals surface area contributed by atoms with Gasteiger partial charge in [0.2, 0.25) is 5.91 Å². The van der Waals surface area contributed by atoms with Crippen LogP contribution in [-0.2, 0) is 16.0 Å². The number of carboxylic acid groups (broad SMARTS) is 1. The van der Waals surface area contributed by atoms with Crippen molar-refractivity contribution in [3.8, 4) is 0 Å². The summed E-state index contributed by atoms with van der Waals surface area (Å²) in [6.07, 6.45) is 5.22. The normalized spacial score (nSPS) is 27.9. The van der Waals surface area contributed by atoms with Crippen molar-refractivity contribution in [1.29, 1.82) is 0 Å². The first-order valence-electron chi connectivity index (χ1n) is 10.4. The van der Waals surface area contributed by atoms with Gasteiger partial charge in [-0.2, -0.15) is 0 Å². The summed E-state index contributed by atoms with van der Waals surface area (Å²) in [5.74, 6) is -0.644. The van der Waals surface area contributed by atoms with Gasteiger partial charge in [0, 0.05) is 57.9 Å². The lowest BCUT2D eigenvalue weighted by Crippen LogP contribution is -2.43. The van der Waals surface area contributed by atoms with Crippen LogP contribution in [0.25, 0.3) is 0 Å². The van der Waals surface area contributed by atoms with Crippen LogP contribution in [0, 0.1) is 11.3 Å². The monoisotopic (exact) mass is 385 g/mol. The fraction of sp³-hybridized carbons (Fsp3) is 0.636. The molecule has 0 spiro atoms. The highest BCUT2D eigenvalue weighted by Gasteiger charge is 2.59. The summed E-state index contributed by atoms with van der Waals surface area (Å²) < 4.78 is 0. The SMILES string of the molecule is CN(C)c1ccc(CC(=O)N2C[C@@H]3CN(C4CCCC4)C[C@]3(C(=O)O)C2)cc1. The molecule has 1 N–H and O–H groups in total. The van der Waals surface area contributed by atoms with E-state index in [2.05, 4.69) is 4.90 Å². The molecule has 2 aliphatic heterocycles. The van der Waals surface area contributed by atoms with E-state index in [4.69, 9.17) is 0 Å². The quantitative estimate of drug-likeness (QED) is 0.841. The lowest BCUT2D eigenvalue weighted by atomic mass is 9.81. The van der Waals surface area contributed by atoms with Gasteiger partial charge in [-0.3, -0.25) is 14.5 Å². The molecule has 3 aliphatic rings. The van der Waals surface area contributed by atoms with Crippen molar-refractivity contribution in [3.05, 3.63) is 29.8 Å². The maximum absolute atomic E-state index is 12.9. The van der Waals surface area contributed by atoms with Crippen LogP contribution < -0.4 is 4.90 Å². The van der Waals surface area contributed by atoms with Crippen LogP contribution in [0.3, 0.4) is 0 Å². The molecule has 3 fully saturated rings. The summed E-state index contributed by atoms with van der Waals surface area (Å²) in [5, 5.41) is 10.0. The van der Waals surface area contributed by atoms with Crippen molar-refractivity contribution in [3.63, 3.8) is 0 Å². The summed E-state index contributed by atoms with van der Waals surface area (Å²) in [6, 6.07) is 8.54. The van der Waals surface area contributed by atoms with Crippen LogP contribution in [0.4, 0.5) is 5.69 Å². The van der Waals surface area contributed by atoms with E-state index < -0.39 is 11.4 Å². The molecule has 0 radical (unpaired) electrons. The highest BCUT2D eigenvalue weighted by atomic mass is 16.4. The lowest BCUT2D eigenvalue weighted by Gasteiger charge is -2.28. The Kier molecular flexibility index (Phi) is 5.08. The van der Waals surface area contributed by atoms with Gasteiger partial charge in [0.05, 0.1) is 6.42 Å². The molecule has 1 saturated carbocycles.